The number of halogens is 1. The van der Waals surface area contributed by atoms with Crippen molar-refractivity contribution in [2.75, 3.05) is 33.2 Å². The van der Waals surface area contributed by atoms with E-state index in [1.165, 1.54) is 0 Å². The first-order valence-electron chi connectivity index (χ1n) is 10.8. The first-order valence-corrected chi connectivity index (χ1v) is 10.8. The zero-order chi connectivity index (χ0) is 21.7. The molecule has 0 radical (unpaired) electrons. The second kappa shape index (κ2) is 9.51. The van der Waals surface area contributed by atoms with Gasteiger partial charge >= 0.3 is 0 Å². The van der Waals surface area contributed by atoms with Crippen LogP contribution in [0.3, 0.4) is 0 Å². The molecule has 6 nitrogen and oxygen atoms in total. The van der Waals surface area contributed by atoms with Crippen molar-refractivity contribution in [2.24, 2.45) is 0 Å². The molecule has 0 aliphatic carbocycles. The largest absolute Gasteiger partial charge is 0.372 e. The molecule has 0 aromatic rings. The summed E-state index contributed by atoms with van der Waals surface area (Å²) in [4.78, 5) is 17.0. The topological polar surface area (TPSA) is 59.6 Å². The van der Waals surface area contributed by atoms with Crippen molar-refractivity contribution in [3.05, 3.63) is 59.7 Å². The minimum absolute atomic E-state index is 0.0188. The van der Waals surface area contributed by atoms with Gasteiger partial charge in [0.1, 0.15) is 11.5 Å². The Balaban J connectivity index is 1.84. The van der Waals surface area contributed by atoms with Crippen molar-refractivity contribution >= 4 is 5.91 Å². The van der Waals surface area contributed by atoms with Crippen LogP contribution in [-0.4, -0.2) is 60.8 Å². The Morgan fingerprint density at radius 1 is 1.47 bits per heavy atom. The van der Waals surface area contributed by atoms with E-state index in [4.69, 9.17) is 0 Å². The molecule has 1 atom stereocenters. The fraction of sp³-hybridized carbons (Fsp3) is 0.522. The summed E-state index contributed by atoms with van der Waals surface area (Å²) in [5, 5.41) is 9.91. The average Bonchev–Trinajstić information content (AvgIpc) is 2.76. The molecule has 0 bridgehead atoms. The number of nitrogens with one attached hydrogen (secondary N) is 3. The molecule has 164 valence electrons. The summed E-state index contributed by atoms with van der Waals surface area (Å²) in [7, 11) is 1.91. The van der Waals surface area contributed by atoms with Crippen molar-refractivity contribution in [1.29, 1.82) is 0 Å². The van der Waals surface area contributed by atoms with E-state index >= 15 is 0 Å². The van der Waals surface area contributed by atoms with Crippen molar-refractivity contribution in [3.8, 4) is 0 Å². The lowest BCUT2D eigenvalue weighted by atomic mass is 9.95. The summed E-state index contributed by atoms with van der Waals surface area (Å²) < 4.78 is 14.1. The molecule has 0 aromatic heterocycles. The number of dihydropyridines is 2. The predicted molar refractivity (Wildman–Crippen MR) is 119 cm³/mol. The van der Waals surface area contributed by atoms with Gasteiger partial charge in [-0.1, -0.05) is 19.6 Å². The maximum absolute atomic E-state index is 14.1. The summed E-state index contributed by atoms with van der Waals surface area (Å²) in [5.41, 5.74) is 1.49. The Morgan fingerprint density at radius 3 is 2.83 bits per heavy atom. The molecule has 1 saturated heterocycles. The number of carbonyl (C=O) groups is 1. The monoisotopic (exact) mass is 415 g/mol. The molecular weight excluding hydrogens is 381 g/mol. The van der Waals surface area contributed by atoms with E-state index in [1.54, 1.807) is 17.9 Å². The van der Waals surface area contributed by atoms with Gasteiger partial charge in [0.25, 0.3) is 5.91 Å². The lowest BCUT2D eigenvalue weighted by Gasteiger charge is -2.37. The van der Waals surface area contributed by atoms with Gasteiger partial charge in [-0.3, -0.25) is 10.1 Å². The van der Waals surface area contributed by atoms with Crippen LogP contribution in [0.15, 0.2) is 59.7 Å². The molecular formula is C23H34FN5O. The number of carbonyl (C=O) groups excluding carboxylic acids is 1. The first kappa shape index (κ1) is 22.2. The van der Waals surface area contributed by atoms with E-state index < -0.39 is 5.67 Å². The van der Waals surface area contributed by atoms with Crippen molar-refractivity contribution in [1.82, 2.24) is 25.8 Å². The van der Waals surface area contributed by atoms with E-state index in [-0.39, 0.29) is 12.1 Å². The molecule has 0 saturated carbocycles. The highest BCUT2D eigenvalue weighted by molar-refractivity contribution is 5.95. The molecule has 0 spiro atoms. The summed E-state index contributed by atoms with van der Waals surface area (Å²) in [6.45, 7) is 9.93. The molecule has 1 amide bonds. The number of piperidine rings is 1. The molecule has 3 N–H and O–H groups in total. The molecule has 0 aromatic carbocycles. The standard InChI is InChI=1S/C23H34FN5O/c1-5-11-29(19-7-10-26-20(15-19)25-4)21-17(6-2)14-18(16-27-21)22(30)28-12-8-23(3,24)9-13-28/h6-7,10,14-15,20,25-27H,2,5,8-9,11-13,16H2,1,3-4H3. The third-order valence-electron chi connectivity index (χ3n) is 5.84. The number of amides is 1. The summed E-state index contributed by atoms with van der Waals surface area (Å²) >= 11 is 0. The minimum atomic E-state index is -1.17. The molecule has 3 aliphatic rings. The van der Waals surface area contributed by atoms with Crippen LogP contribution in [0.5, 0.6) is 0 Å². The van der Waals surface area contributed by atoms with Crippen LogP contribution < -0.4 is 16.0 Å². The molecule has 7 heteroatoms. The molecule has 3 rings (SSSR count). The lowest BCUT2D eigenvalue weighted by Crippen LogP contribution is -2.46. The van der Waals surface area contributed by atoms with Gasteiger partial charge < -0.3 is 20.4 Å². The highest BCUT2D eigenvalue weighted by Gasteiger charge is 2.33. The molecule has 1 unspecified atom stereocenters. The smallest absolute Gasteiger partial charge is 0.251 e. The van der Waals surface area contributed by atoms with Crippen LogP contribution in [0.25, 0.3) is 0 Å². The zero-order valence-electron chi connectivity index (χ0n) is 18.3. The van der Waals surface area contributed by atoms with Gasteiger partial charge in [0.2, 0.25) is 0 Å². The minimum Gasteiger partial charge on any atom is -0.372 e. The number of alkyl halides is 1. The van der Waals surface area contributed by atoms with Crippen LogP contribution >= 0.6 is 0 Å². The average molecular weight is 416 g/mol. The van der Waals surface area contributed by atoms with Gasteiger partial charge in [0.05, 0.1) is 6.17 Å². The van der Waals surface area contributed by atoms with E-state index in [0.29, 0.717) is 38.0 Å². The third kappa shape index (κ3) is 4.95. The number of hydrogen-bond donors (Lipinski definition) is 3. The van der Waals surface area contributed by atoms with Crippen LogP contribution in [0, 0.1) is 0 Å². The molecule has 30 heavy (non-hydrogen) atoms. The maximum Gasteiger partial charge on any atom is 0.251 e. The third-order valence-corrected chi connectivity index (χ3v) is 5.84. The lowest BCUT2D eigenvalue weighted by molar-refractivity contribution is -0.129. The Bertz CT molecular complexity index is 785. The Hall–Kier alpha value is -2.54. The van der Waals surface area contributed by atoms with Crippen molar-refractivity contribution in [2.45, 2.75) is 44.9 Å². The molecule has 3 heterocycles. The Morgan fingerprint density at radius 2 is 2.20 bits per heavy atom. The highest BCUT2D eigenvalue weighted by atomic mass is 19.1. The number of likely N-dealkylation sites (N-methyl/N-ethyl adjacent to an activating group) is 1. The van der Waals surface area contributed by atoms with Crippen molar-refractivity contribution < 1.29 is 9.18 Å². The van der Waals surface area contributed by atoms with Gasteiger partial charge in [-0.05, 0) is 57.7 Å². The Labute approximate surface area is 179 Å². The predicted octanol–water partition coefficient (Wildman–Crippen LogP) is 2.52. The van der Waals surface area contributed by atoms with Gasteiger partial charge in [-0.25, -0.2) is 4.39 Å². The molecule has 1 fully saturated rings. The Kier molecular flexibility index (Phi) is 7.02. The summed E-state index contributed by atoms with van der Waals surface area (Å²) in [6.07, 6.45) is 11.7. The van der Waals surface area contributed by atoms with Gasteiger partial charge in [0, 0.05) is 43.0 Å². The first-order chi connectivity index (χ1) is 14.4. The summed E-state index contributed by atoms with van der Waals surface area (Å²) in [6, 6.07) is 0. The van der Waals surface area contributed by atoms with Crippen LogP contribution in [-0.2, 0) is 4.79 Å². The number of hydrogen-bond acceptors (Lipinski definition) is 5. The normalized spacial score (nSPS) is 23.2. The van der Waals surface area contributed by atoms with Gasteiger partial charge in [-0.15, -0.1) is 0 Å². The van der Waals surface area contributed by atoms with E-state index in [9.17, 15) is 9.18 Å². The van der Waals surface area contributed by atoms with E-state index in [1.807, 2.05) is 25.4 Å². The maximum atomic E-state index is 14.1. The highest BCUT2D eigenvalue weighted by Crippen LogP contribution is 2.28. The fourth-order valence-electron chi connectivity index (χ4n) is 3.96. The molecule has 3 aliphatic heterocycles. The number of allylic oxidation sites excluding steroid dienone is 4. The number of nitrogens with zero attached hydrogens (tertiary/aromatic N) is 2. The quantitative estimate of drug-likeness (QED) is 0.597. The van der Waals surface area contributed by atoms with Crippen LogP contribution in [0.1, 0.15) is 33.1 Å². The van der Waals surface area contributed by atoms with Gasteiger partial charge in [-0.2, -0.15) is 0 Å². The zero-order valence-corrected chi connectivity index (χ0v) is 18.3. The fourth-order valence-corrected chi connectivity index (χ4v) is 3.96. The van der Waals surface area contributed by atoms with Crippen LogP contribution in [0.2, 0.25) is 0 Å². The van der Waals surface area contributed by atoms with Crippen LogP contribution in [0.4, 0.5) is 4.39 Å². The van der Waals surface area contributed by atoms with E-state index in [0.717, 1.165) is 30.1 Å². The summed E-state index contributed by atoms with van der Waals surface area (Å²) in [5.74, 6) is 0.931. The van der Waals surface area contributed by atoms with Crippen molar-refractivity contribution in [3.63, 3.8) is 0 Å². The van der Waals surface area contributed by atoms with E-state index in [2.05, 4.69) is 40.4 Å². The van der Waals surface area contributed by atoms with Gasteiger partial charge in [0.15, 0.2) is 0 Å². The second-order valence-electron chi connectivity index (χ2n) is 8.25. The second-order valence-corrected chi connectivity index (χ2v) is 8.25. The number of rotatable bonds is 7. The SMILES string of the molecule is C=CC1=C(N(CCC)C2=CC(NC)NC=C2)NCC(C(=O)N2CCC(C)(F)CC2)=C1. The number of likely N-dealkylation sites (tertiary alicyclic amines) is 1.